The van der Waals surface area contributed by atoms with Gasteiger partial charge in [-0.05, 0) is 31.2 Å². The minimum absolute atomic E-state index is 1.16. The van der Waals surface area contributed by atoms with Crippen LogP contribution in [0, 0.1) is 6.92 Å². The highest BCUT2D eigenvalue weighted by Crippen LogP contribution is 2.21. The van der Waals surface area contributed by atoms with Crippen molar-refractivity contribution in [3.05, 3.63) is 30.0 Å². The van der Waals surface area contributed by atoms with E-state index >= 15 is 0 Å². The van der Waals surface area contributed by atoms with E-state index in [0.717, 1.165) is 5.69 Å². The van der Waals surface area contributed by atoms with E-state index in [-0.39, 0.29) is 0 Å². The summed E-state index contributed by atoms with van der Waals surface area (Å²) in [4.78, 5) is 0. The van der Waals surface area contributed by atoms with E-state index < -0.39 is 0 Å². The van der Waals surface area contributed by atoms with Crippen LogP contribution in [0.15, 0.2) is 24.3 Å². The number of aryl methyl sites for hydroxylation is 2. The first-order valence-electron chi connectivity index (χ1n) is 4.46. The molecule has 0 spiro atoms. The van der Waals surface area contributed by atoms with Crippen LogP contribution in [0.25, 0.3) is 10.9 Å². The second-order valence-electron chi connectivity index (χ2n) is 3.37. The highest BCUT2D eigenvalue weighted by Gasteiger charge is 2.01. The van der Waals surface area contributed by atoms with E-state index in [4.69, 9.17) is 0 Å². The molecule has 2 heteroatoms. The Bertz CT molecular complexity index is 441. The van der Waals surface area contributed by atoms with E-state index in [0.29, 0.717) is 0 Å². The maximum absolute atomic E-state index is 3.14. The van der Waals surface area contributed by atoms with Crippen LogP contribution in [0.3, 0.4) is 0 Å². The first-order valence-corrected chi connectivity index (χ1v) is 4.46. The molecule has 0 aliphatic heterocycles. The lowest BCUT2D eigenvalue weighted by Crippen LogP contribution is -1.90. The fraction of sp³-hybridized carbons (Fsp3) is 0.273. The zero-order chi connectivity index (χ0) is 9.42. The minimum atomic E-state index is 1.16. The van der Waals surface area contributed by atoms with E-state index in [1.54, 1.807) is 0 Å². The van der Waals surface area contributed by atoms with Gasteiger partial charge in [0.05, 0.1) is 0 Å². The van der Waals surface area contributed by atoms with Crippen LogP contribution in [-0.2, 0) is 7.05 Å². The SMILES string of the molecule is CNc1ccc2c(c1)cc(C)n2C. The van der Waals surface area contributed by atoms with Crippen LogP contribution >= 0.6 is 0 Å². The maximum Gasteiger partial charge on any atom is 0.0481 e. The molecule has 0 aliphatic rings. The lowest BCUT2D eigenvalue weighted by atomic mass is 10.2. The Morgan fingerprint density at radius 3 is 2.69 bits per heavy atom. The molecule has 0 saturated carbocycles. The minimum Gasteiger partial charge on any atom is -0.388 e. The molecule has 2 aromatic rings. The van der Waals surface area contributed by atoms with Gasteiger partial charge < -0.3 is 9.88 Å². The molecule has 68 valence electrons. The molecule has 1 heterocycles. The van der Waals surface area contributed by atoms with Crippen molar-refractivity contribution in [3.63, 3.8) is 0 Å². The molecule has 1 N–H and O–H groups in total. The number of rotatable bonds is 1. The number of nitrogens with zero attached hydrogens (tertiary/aromatic N) is 1. The smallest absolute Gasteiger partial charge is 0.0481 e. The van der Waals surface area contributed by atoms with Crippen LogP contribution in [0.2, 0.25) is 0 Å². The van der Waals surface area contributed by atoms with Crippen molar-refractivity contribution in [2.45, 2.75) is 6.92 Å². The lowest BCUT2D eigenvalue weighted by molar-refractivity contribution is 0.918. The summed E-state index contributed by atoms with van der Waals surface area (Å²) in [6, 6.07) is 8.62. The van der Waals surface area contributed by atoms with E-state index in [2.05, 4.69) is 48.1 Å². The van der Waals surface area contributed by atoms with E-state index in [1.165, 1.54) is 16.6 Å². The Kier molecular flexibility index (Phi) is 1.76. The van der Waals surface area contributed by atoms with Crippen molar-refractivity contribution < 1.29 is 0 Å². The predicted molar refractivity (Wildman–Crippen MR) is 57.2 cm³/mol. The van der Waals surface area contributed by atoms with Gasteiger partial charge in [-0.3, -0.25) is 0 Å². The average Bonchev–Trinajstić information content (AvgIpc) is 2.42. The largest absolute Gasteiger partial charge is 0.388 e. The average molecular weight is 174 g/mol. The van der Waals surface area contributed by atoms with E-state index in [9.17, 15) is 0 Å². The van der Waals surface area contributed by atoms with Crippen LogP contribution in [0.1, 0.15) is 5.69 Å². The molecule has 0 radical (unpaired) electrons. The summed E-state index contributed by atoms with van der Waals surface area (Å²) < 4.78 is 2.20. The molecule has 2 nitrogen and oxygen atoms in total. The van der Waals surface area contributed by atoms with E-state index in [1.807, 2.05) is 7.05 Å². The van der Waals surface area contributed by atoms with Crippen LogP contribution in [-0.4, -0.2) is 11.6 Å². The summed E-state index contributed by atoms with van der Waals surface area (Å²) in [5, 5.41) is 4.44. The number of hydrogen-bond donors (Lipinski definition) is 1. The Balaban J connectivity index is 2.73. The molecule has 0 atom stereocenters. The van der Waals surface area contributed by atoms with Crippen LogP contribution < -0.4 is 5.32 Å². The van der Waals surface area contributed by atoms with Gasteiger partial charge in [0, 0.05) is 36.4 Å². The fourth-order valence-corrected chi connectivity index (χ4v) is 1.64. The number of anilines is 1. The standard InChI is InChI=1S/C11H14N2/c1-8-6-9-7-10(12-2)4-5-11(9)13(8)3/h4-7,12H,1-3H3. The Hall–Kier alpha value is -1.44. The first-order chi connectivity index (χ1) is 6.22. The van der Waals surface area contributed by atoms with Gasteiger partial charge >= 0.3 is 0 Å². The van der Waals surface area contributed by atoms with Crippen molar-refractivity contribution in [2.24, 2.45) is 7.05 Å². The molecular weight excluding hydrogens is 160 g/mol. The molecule has 1 aromatic heterocycles. The summed E-state index contributed by atoms with van der Waals surface area (Å²) in [6.45, 7) is 2.12. The van der Waals surface area contributed by atoms with Crippen molar-refractivity contribution in [1.29, 1.82) is 0 Å². The molecule has 2 rings (SSSR count). The fourth-order valence-electron chi connectivity index (χ4n) is 1.64. The Labute approximate surface area is 78.2 Å². The zero-order valence-electron chi connectivity index (χ0n) is 8.26. The maximum atomic E-state index is 3.14. The molecule has 1 aromatic carbocycles. The third-order valence-corrected chi connectivity index (χ3v) is 2.57. The zero-order valence-corrected chi connectivity index (χ0v) is 8.26. The molecule has 0 bridgehead atoms. The van der Waals surface area contributed by atoms with Crippen molar-refractivity contribution >= 4 is 16.6 Å². The summed E-state index contributed by atoms with van der Waals surface area (Å²) in [7, 11) is 4.04. The third kappa shape index (κ3) is 1.18. The number of benzene rings is 1. The first kappa shape index (κ1) is 8.17. The highest BCUT2D eigenvalue weighted by atomic mass is 14.9. The quantitative estimate of drug-likeness (QED) is 0.703. The van der Waals surface area contributed by atoms with Crippen LogP contribution in [0.4, 0.5) is 5.69 Å². The topological polar surface area (TPSA) is 17.0 Å². The summed E-state index contributed by atoms with van der Waals surface area (Å²) in [5.74, 6) is 0. The lowest BCUT2D eigenvalue weighted by Gasteiger charge is -2.01. The van der Waals surface area contributed by atoms with Gasteiger partial charge in [-0.1, -0.05) is 0 Å². The van der Waals surface area contributed by atoms with Crippen molar-refractivity contribution in [3.8, 4) is 0 Å². The van der Waals surface area contributed by atoms with Gasteiger partial charge in [0.2, 0.25) is 0 Å². The second-order valence-corrected chi connectivity index (χ2v) is 3.37. The van der Waals surface area contributed by atoms with Gasteiger partial charge in [0.25, 0.3) is 0 Å². The highest BCUT2D eigenvalue weighted by molar-refractivity contribution is 5.84. The van der Waals surface area contributed by atoms with Crippen LogP contribution in [0.5, 0.6) is 0 Å². The van der Waals surface area contributed by atoms with Gasteiger partial charge in [0.15, 0.2) is 0 Å². The Morgan fingerprint density at radius 1 is 1.23 bits per heavy atom. The monoisotopic (exact) mass is 174 g/mol. The molecule has 0 unspecified atom stereocenters. The van der Waals surface area contributed by atoms with Gasteiger partial charge in [0.1, 0.15) is 0 Å². The number of nitrogens with one attached hydrogen (secondary N) is 1. The molecule has 0 aliphatic carbocycles. The Morgan fingerprint density at radius 2 is 2.00 bits per heavy atom. The molecule has 0 fully saturated rings. The van der Waals surface area contributed by atoms with Gasteiger partial charge in [-0.2, -0.15) is 0 Å². The summed E-state index contributed by atoms with van der Waals surface area (Å²) in [5.41, 5.74) is 3.75. The van der Waals surface area contributed by atoms with Gasteiger partial charge in [-0.25, -0.2) is 0 Å². The van der Waals surface area contributed by atoms with Gasteiger partial charge in [-0.15, -0.1) is 0 Å². The number of hydrogen-bond acceptors (Lipinski definition) is 1. The predicted octanol–water partition coefficient (Wildman–Crippen LogP) is 2.53. The third-order valence-electron chi connectivity index (χ3n) is 2.57. The molecule has 13 heavy (non-hydrogen) atoms. The molecule has 0 saturated heterocycles. The summed E-state index contributed by atoms with van der Waals surface area (Å²) >= 11 is 0. The molecule has 0 amide bonds. The normalized spacial score (nSPS) is 10.7. The van der Waals surface area contributed by atoms with Crippen molar-refractivity contribution in [1.82, 2.24) is 4.57 Å². The van der Waals surface area contributed by atoms with Crippen molar-refractivity contribution in [2.75, 3.05) is 12.4 Å². The summed E-state index contributed by atoms with van der Waals surface area (Å²) in [6.07, 6.45) is 0. The number of aromatic nitrogens is 1. The molecular formula is C11H14N2. The second kappa shape index (κ2) is 2.80. The number of fused-ring (bicyclic) bond motifs is 1.